The maximum Gasteiger partial charge on any atom is 0.350 e. The minimum atomic E-state index is -0.247. The number of hydrogen-bond donors (Lipinski definition) is 2. The van der Waals surface area contributed by atoms with E-state index in [0.29, 0.717) is 24.9 Å². The van der Waals surface area contributed by atoms with Gasteiger partial charge in [-0.1, -0.05) is 0 Å². The molecule has 0 aromatic carbocycles. The molecule has 6 aliphatic rings. The highest BCUT2D eigenvalue weighted by molar-refractivity contribution is 6.96. The molecule has 0 spiro atoms. The van der Waals surface area contributed by atoms with E-state index in [1.807, 2.05) is 0 Å². The Balaban J connectivity index is 1.14. The molecule has 6 saturated heterocycles. The molecule has 2 amide bonds. The summed E-state index contributed by atoms with van der Waals surface area (Å²) in [5, 5.41) is 5.89. The molecule has 6 rings (SSSR count). The highest BCUT2D eigenvalue weighted by Gasteiger charge is 2.35. The average molecular weight is 345 g/mol. The number of nitrogens with zero attached hydrogens (tertiary/aromatic N) is 2. The van der Waals surface area contributed by atoms with Crippen molar-refractivity contribution >= 4 is 18.9 Å². The van der Waals surface area contributed by atoms with Crippen LogP contribution >= 0.6 is 0 Å². The Kier molecular flexibility index (Phi) is 5.32. The van der Waals surface area contributed by atoms with Crippen molar-refractivity contribution in [3.63, 3.8) is 0 Å². The van der Waals surface area contributed by atoms with Gasteiger partial charge in [-0.2, -0.15) is 0 Å². The molecule has 6 nitrogen and oxygen atoms in total. The molecule has 0 aromatic heterocycles. The lowest BCUT2D eigenvalue weighted by atomic mass is 9.74. The van der Waals surface area contributed by atoms with Gasteiger partial charge in [0.2, 0.25) is 0 Å². The molecule has 4 bridgehead atoms. The summed E-state index contributed by atoms with van der Waals surface area (Å²) in [4.78, 5) is 29.0. The third-order valence-electron chi connectivity index (χ3n) is 6.92. The van der Waals surface area contributed by atoms with Crippen molar-refractivity contribution < 1.29 is 9.59 Å². The van der Waals surface area contributed by atoms with Gasteiger partial charge in [-0.05, 0) is 75.5 Å². The van der Waals surface area contributed by atoms with E-state index in [2.05, 4.69) is 20.4 Å². The molecule has 137 valence electrons. The summed E-state index contributed by atoms with van der Waals surface area (Å²) >= 11 is 0. The maximum absolute atomic E-state index is 12.0. The maximum atomic E-state index is 12.0. The van der Waals surface area contributed by atoms with E-state index in [1.54, 1.807) is 0 Å². The zero-order valence-corrected chi connectivity index (χ0v) is 15.1. The number of nitrogens with one attached hydrogen (secondary N) is 2. The first kappa shape index (κ1) is 17.3. The highest BCUT2D eigenvalue weighted by Crippen LogP contribution is 2.32. The smallest absolute Gasteiger partial charge is 0.350 e. The number of rotatable bonds is 6. The average Bonchev–Trinajstić information content (AvgIpc) is 2.67. The second-order valence-electron chi connectivity index (χ2n) is 8.43. The third kappa shape index (κ3) is 4.19. The van der Waals surface area contributed by atoms with Gasteiger partial charge in [0.1, 0.15) is 0 Å². The van der Waals surface area contributed by atoms with E-state index in [-0.39, 0.29) is 11.6 Å². The van der Waals surface area contributed by atoms with E-state index in [0.717, 1.165) is 24.9 Å². The summed E-state index contributed by atoms with van der Waals surface area (Å²) in [6, 6.07) is 0. The lowest BCUT2D eigenvalue weighted by Crippen LogP contribution is -2.52. The number of carbonyl (C=O) groups excluding carboxylic acids is 2. The van der Waals surface area contributed by atoms with Gasteiger partial charge in [0.25, 0.3) is 0 Å². The summed E-state index contributed by atoms with van der Waals surface area (Å²) in [6.07, 6.45) is 5.02. The van der Waals surface area contributed by atoms with Crippen LogP contribution in [0.2, 0.25) is 0 Å². The molecule has 6 fully saturated rings. The minimum Gasteiger partial charge on any atom is -0.364 e. The summed E-state index contributed by atoms with van der Waals surface area (Å²) in [7, 11) is 1.20. The molecule has 6 aliphatic heterocycles. The van der Waals surface area contributed by atoms with Gasteiger partial charge in [-0.3, -0.25) is 9.59 Å². The third-order valence-corrected chi connectivity index (χ3v) is 6.92. The van der Waals surface area contributed by atoms with Crippen LogP contribution in [-0.2, 0) is 0 Å². The number of piperidine rings is 6. The number of fused-ring (bicyclic) bond motifs is 6. The Morgan fingerprint density at radius 1 is 0.760 bits per heavy atom. The molecule has 0 saturated carbocycles. The fourth-order valence-electron chi connectivity index (χ4n) is 5.32. The second kappa shape index (κ2) is 7.66. The minimum absolute atomic E-state index is 0.247. The first-order valence-corrected chi connectivity index (χ1v) is 10.0. The van der Waals surface area contributed by atoms with E-state index in [9.17, 15) is 9.59 Å². The fourth-order valence-corrected chi connectivity index (χ4v) is 5.32. The summed E-state index contributed by atoms with van der Waals surface area (Å²) in [5.41, 5.74) is 0. The standard InChI is InChI=1S/C18H30BN4O2/c24-17(20-9-15-11-22-5-1-13(15)2-6-22)19-18(25)21-10-16-12-23-7-3-14(16)4-8-23/h13-16H,1-12H2,(H,20,24)(H,21,25)/t15-,16?/m0/s1. The molecule has 1 radical (unpaired) electrons. The van der Waals surface area contributed by atoms with Crippen LogP contribution < -0.4 is 10.6 Å². The van der Waals surface area contributed by atoms with Crippen LogP contribution in [0.3, 0.4) is 0 Å². The van der Waals surface area contributed by atoms with Crippen molar-refractivity contribution in [1.29, 1.82) is 0 Å². The van der Waals surface area contributed by atoms with Crippen molar-refractivity contribution in [3.8, 4) is 0 Å². The van der Waals surface area contributed by atoms with Gasteiger partial charge in [0.15, 0.2) is 11.6 Å². The molecule has 0 aromatic rings. The van der Waals surface area contributed by atoms with Crippen LogP contribution in [0.1, 0.15) is 25.7 Å². The van der Waals surface area contributed by atoms with Gasteiger partial charge >= 0.3 is 7.28 Å². The quantitative estimate of drug-likeness (QED) is 0.699. The zero-order chi connectivity index (χ0) is 17.2. The monoisotopic (exact) mass is 345 g/mol. The SMILES string of the molecule is O=C([B]C(=O)NC[C@H]1CN2CCC1CC2)NCC1CN2CCC1CC2. The van der Waals surface area contributed by atoms with Crippen LogP contribution in [0, 0.1) is 23.7 Å². The summed E-state index contributed by atoms with van der Waals surface area (Å²) in [6.45, 7) is 8.43. The van der Waals surface area contributed by atoms with Crippen molar-refractivity contribution in [1.82, 2.24) is 20.4 Å². The molecule has 2 atom stereocenters. The Hall–Kier alpha value is -1.08. The largest absolute Gasteiger partial charge is 0.364 e. The summed E-state index contributed by atoms with van der Waals surface area (Å²) in [5.74, 6) is 2.10. The second-order valence-corrected chi connectivity index (χ2v) is 8.43. The normalized spacial score (nSPS) is 39.0. The van der Waals surface area contributed by atoms with Crippen LogP contribution in [-0.4, -0.2) is 81.1 Å². The van der Waals surface area contributed by atoms with E-state index >= 15 is 0 Å². The van der Waals surface area contributed by atoms with E-state index in [1.165, 1.54) is 59.1 Å². The van der Waals surface area contributed by atoms with Gasteiger partial charge in [0, 0.05) is 26.2 Å². The Morgan fingerprint density at radius 2 is 1.16 bits per heavy atom. The topological polar surface area (TPSA) is 64.7 Å². The number of amides is 2. The first-order chi connectivity index (χ1) is 12.2. The lowest BCUT2D eigenvalue weighted by molar-refractivity contribution is 0.0525. The molecule has 1 unspecified atom stereocenters. The molecule has 6 heterocycles. The van der Waals surface area contributed by atoms with E-state index in [4.69, 9.17) is 0 Å². The van der Waals surface area contributed by atoms with E-state index < -0.39 is 0 Å². The Bertz CT molecular complexity index is 457. The first-order valence-electron chi connectivity index (χ1n) is 10.0. The van der Waals surface area contributed by atoms with Gasteiger partial charge in [-0.25, -0.2) is 0 Å². The van der Waals surface area contributed by atoms with Crippen molar-refractivity contribution in [2.45, 2.75) is 25.7 Å². The molecule has 0 aliphatic carbocycles. The lowest BCUT2D eigenvalue weighted by Gasteiger charge is -2.45. The van der Waals surface area contributed by atoms with Gasteiger partial charge in [0.05, 0.1) is 0 Å². The van der Waals surface area contributed by atoms with Crippen molar-refractivity contribution in [3.05, 3.63) is 0 Å². The van der Waals surface area contributed by atoms with Crippen LogP contribution in [0.4, 0.5) is 9.59 Å². The van der Waals surface area contributed by atoms with Crippen LogP contribution in [0.5, 0.6) is 0 Å². The molecule has 2 N–H and O–H groups in total. The molecular weight excluding hydrogens is 315 g/mol. The van der Waals surface area contributed by atoms with Crippen LogP contribution in [0.25, 0.3) is 0 Å². The predicted octanol–water partition coefficient (Wildman–Crippen LogP) is 0.793. The van der Waals surface area contributed by atoms with Crippen molar-refractivity contribution in [2.75, 3.05) is 52.4 Å². The van der Waals surface area contributed by atoms with Crippen LogP contribution in [0.15, 0.2) is 0 Å². The molecular formula is C18H30BN4O2. The number of hydrogen-bond acceptors (Lipinski definition) is 4. The number of carbonyl (C=O) groups is 2. The summed E-state index contributed by atoms with van der Waals surface area (Å²) < 4.78 is 0. The Morgan fingerprint density at radius 3 is 1.48 bits per heavy atom. The van der Waals surface area contributed by atoms with Crippen molar-refractivity contribution in [2.24, 2.45) is 23.7 Å². The molecule has 25 heavy (non-hydrogen) atoms. The fraction of sp³-hybridized carbons (Fsp3) is 0.889. The van der Waals surface area contributed by atoms with Gasteiger partial charge < -0.3 is 20.4 Å². The molecule has 7 heteroatoms. The predicted molar refractivity (Wildman–Crippen MR) is 97.9 cm³/mol. The highest BCUT2D eigenvalue weighted by atomic mass is 16.2. The zero-order valence-electron chi connectivity index (χ0n) is 15.1. The Labute approximate surface area is 151 Å². The van der Waals surface area contributed by atoms with Gasteiger partial charge in [-0.15, -0.1) is 0 Å².